The van der Waals surface area contributed by atoms with Crippen LogP contribution in [0, 0.1) is 5.92 Å². The highest BCUT2D eigenvalue weighted by atomic mass is 79.9. The maximum absolute atomic E-state index is 11.9. The van der Waals surface area contributed by atoms with Crippen LogP contribution in [0.4, 0.5) is 0 Å². The fourth-order valence-corrected chi connectivity index (χ4v) is 2.17. The van der Waals surface area contributed by atoms with E-state index in [0.717, 1.165) is 17.3 Å². The van der Waals surface area contributed by atoms with Crippen LogP contribution in [0.2, 0.25) is 0 Å². The van der Waals surface area contributed by atoms with Crippen LogP contribution in [-0.4, -0.2) is 17.9 Å². The van der Waals surface area contributed by atoms with E-state index in [1.54, 1.807) is 0 Å². The highest BCUT2D eigenvalue weighted by Gasteiger charge is 2.27. The van der Waals surface area contributed by atoms with Crippen molar-refractivity contribution in [3.05, 3.63) is 34.3 Å². The Morgan fingerprint density at radius 3 is 2.50 bits per heavy atom. The van der Waals surface area contributed by atoms with Crippen LogP contribution in [0.15, 0.2) is 28.7 Å². The molecule has 1 aromatic carbocycles. The van der Waals surface area contributed by atoms with Gasteiger partial charge in [-0.3, -0.25) is 4.79 Å². The molecule has 0 heterocycles. The average Bonchev–Trinajstić information content (AvgIpc) is 2.19. The lowest BCUT2D eigenvalue weighted by atomic mass is 9.84. The molecule has 1 saturated carbocycles. The molecule has 16 heavy (non-hydrogen) atoms. The number of amides is 1. The predicted molar refractivity (Wildman–Crippen MR) is 68.0 cm³/mol. The monoisotopic (exact) mass is 281 g/mol. The maximum Gasteiger partial charge on any atom is 0.225 e. The van der Waals surface area contributed by atoms with Crippen LogP contribution in [0.25, 0.3) is 0 Å². The van der Waals surface area contributed by atoms with Gasteiger partial charge in [0, 0.05) is 24.0 Å². The van der Waals surface area contributed by atoms with Gasteiger partial charge in [0.25, 0.3) is 0 Å². The van der Waals surface area contributed by atoms with Gasteiger partial charge >= 0.3 is 0 Å². The molecule has 0 unspecified atom stereocenters. The molecule has 1 aliphatic rings. The minimum absolute atomic E-state index is 0.292. The summed E-state index contributed by atoms with van der Waals surface area (Å²) in [5, 5.41) is 0. The molecule has 1 aliphatic carbocycles. The van der Waals surface area contributed by atoms with E-state index in [1.807, 2.05) is 24.1 Å². The fourth-order valence-electron chi connectivity index (χ4n) is 1.91. The standard InChI is InChI=1S/C13H16BrNO/c1-15(13(16)11-3-2-4-11)9-10-5-7-12(14)8-6-10/h5-8,11H,2-4,9H2,1H3. The molecule has 3 heteroatoms. The van der Waals surface area contributed by atoms with E-state index < -0.39 is 0 Å². The van der Waals surface area contributed by atoms with Crippen LogP contribution in [0.5, 0.6) is 0 Å². The number of rotatable bonds is 3. The van der Waals surface area contributed by atoms with Gasteiger partial charge in [-0.2, -0.15) is 0 Å². The Bertz CT molecular complexity index is 370. The summed E-state index contributed by atoms with van der Waals surface area (Å²) in [6, 6.07) is 8.12. The topological polar surface area (TPSA) is 20.3 Å². The summed E-state index contributed by atoms with van der Waals surface area (Å²) in [5.41, 5.74) is 1.18. The predicted octanol–water partition coefficient (Wildman–Crippen LogP) is 3.21. The number of hydrogen-bond acceptors (Lipinski definition) is 1. The van der Waals surface area contributed by atoms with E-state index in [-0.39, 0.29) is 0 Å². The van der Waals surface area contributed by atoms with Gasteiger partial charge in [-0.05, 0) is 30.5 Å². The molecular formula is C13H16BrNO. The van der Waals surface area contributed by atoms with E-state index in [2.05, 4.69) is 28.1 Å². The quantitative estimate of drug-likeness (QED) is 0.833. The normalized spacial score (nSPS) is 15.6. The number of halogens is 1. The summed E-state index contributed by atoms with van der Waals surface area (Å²) in [6.07, 6.45) is 3.36. The molecule has 1 fully saturated rings. The fraction of sp³-hybridized carbons (Fsp3) is 0.462. The van der Waals surface area contributed by atoms with Gasteiger partial charge in [0.05, 0.1) is 0 Å². The molecule has 0 atom stereocenters. The first-order valence-corrected chi connectivity index (χ1v) is 6.45. The zero-order chi connectivity index (χ0) is 11.5. The molecule has 2 rings (SSSR count). The van der Waals surface area contributed by atoms with Gasteiger partial charge in [0.15, 0.2) is 0 Å². The smallest absolute Gasteiger partial charge is 0.225 e. The number of benzene rings is 1. The Morgan fingerprint density at radius 1 is 1.38 bits per heavy atom. The first-order chi connectivity index (χ1) is 7.66. The van der Waals surface area contributed by atoms with Crippen molar-refractivity contribution in [1.82, 2.24) is 4.90 Å². The summed E-state index contributed by atoms with van der Waals surface area (Å²) in [7, 11) is 1.89. The molecule has 0 saturated heterocycles. The molecular weight excluding hydrogens is 266 g/mol. The molecule has 0 spiro atoms. The SMILES string of the molecule is CN(Cc1ccc(Br)cc1)C(=O)C1CCC1. The molecule has 2 nitrogen and oxygen atoms in total. The van der Waals surface area contributed by atoms with Gasteiger partial charge < -0.3 is 4.90 Å². The Hall–Kier alpha value is -0.830. The number of carbonyl (C=O) groups is 1. The van der Waals surface area contributed by atoms with E-state index in [0.29, 0.717) is 18.4 Å². The molecule has 0 radical (unpaired) electrons. The van der Waals surface area contributed by atoms with Crippen molar-refractivity contribution < 1.29 is 4.79 Å². The van der Waals surface area contributed by atoms with Gasteiger partial charge in [-0.1, -0.05) is 34.5 Å². The van der Waals surface area contributed by atoms with Crippen LogP contribution in [0.3, 0.4) is 0 Å². The molecule has 0 aliphatic heterocycles. The minimum Gasteiger partial charge on any atom is -0.341 e. The lowest BCUT2D eigenvalue weighted by molar-refractivity contribution is -0.137. The third-order valence-corrected chi connectivity index (χ3v) is 3.69. The van der Waals surface area contributed by atoms with Gasteiger partial charge in [0.1, 0.15) is 0 Å². The first kappa shape index (κ1) is 11.6. The van der Waals surface area contributed by atoms with Crippen molar-refractivity contribution >= 4 is 21.8 Å². The molecule has 0 N–H and O–H groups in total. The lowest BCUT2D eigenvalue weighted by Gasteiger charge is -2.29. The van der Waals surface area contributed by atoms with Gasteiger partial charge in [-0.25, -0.2) is 0 Å². The van der Waals surface area contributed by atoms with Crippen LogP contribution in [0.1, 0.15) is 24.8 Å². The van der Waals surface area contributed by atoms with Crippen LogP contribution in [-0.2, 0) is 11.3 Å². The molecule has 1 amide bonds. The van der Waals surface area contributed by atoms with Crippen molar-refractivity contribution in [1.29, 1.82) is 0 Å². The maximum atomic E-state index is 11.9. The van der Waals surface area contributed by atoms with Crippen molar-refractivity contribution in [2.45, 2.75) is 25.8 Å². The number of carbonyl (C=O) groups excluding carboxylic acids is 1. The van der Waals surface area contributed by atoms with Crippen LogP contribution >= 0.6 is 15.9 Å². The summed E-state index contributed by atoms with van der Waals surface area (Å²) >= 11 is 3.40. The Kier molecular flexibility index (Phi) is 3.64. The second-order valence-corrected chi connectivity index (χ2v) is 5.36. The Labute approximate surface area is 105 Å². The van der Waals surface area contributed by atoms with Crippen molar-refractivity contribution in [3.8, 4) is 0 Å². The zero-order valence-electron chi connectivity index (χ0n) is 9.45. The van der Waals surface area contributed by atoms with E-state index in [1.165, 1.54) is 12.0 Å². The third-order valence-electron chi connectivity index (χ3n) is 3.16. The van der Waals surface area contributed by atoms with E-state index in [4.69, 9.17) is 0 Å². The van der Waals surface area contributed by atoms with Crippen molar-refractivity contribution in [2.24, 2.45) is 5.92 Å². The summed E-state index contributed by atoms with van der Waals surface area (Å²) in [6.45, 7) is 0.711. The van der Waals surface area contributed by atoms with Gasteiger partial charge in [-0.15, -0.1) is 0 Å². The highest BCUT2D eigenvalue weighted by molar-refractivity contribution is 9.10. The number of nitrogens with zero attached hydrogens (tertiary/aromatic N) is 1. The molecule has 0 bridgehead atoms. The lowest BCUT2D eigenvalue weighted by Crippen LogP contribution is -2.35. The Morgan fingerprint density at radius 2 is 2.00 bits per heavy atom. The third kappa shape index (κ3) is 2.64. The highest BCUT2D eigenvalue weighted by Crippen LogP contribution is 2.28. The summed E-state index contributed by atoms with van der Waals surface area (Å²) in [5.74, 6) is 0.592. The van der Waals surface area contributed by atoms with Crippen molar-refractivity contribution in [2.75, 3.05) is 7.05 Å². The van der Waals surface area contributed by atoms with Gasteiger partial charge in [0.2, 0.25) is 5.91 Å². The summed E-state index contributed by atoms with van der Waals surface area (Å²) in [4.78, 5) is 13.8. The summed E-state index contributed by atoms with van der Waals surface area (Å²) < 4.78 is 1.07. The van der Waals surface area contributed by atoms with E-state index in [9.17, 15) is 4.79 Å². The molecule has 0 aromatic heterocycles. The van der Waals surface area contributed by atoms with Crippen molar-refractivity contribution in [3.63, 3.8) is 0 Å². The second-order valence-electron chi connectivity index (χ2n) is 4.45. The second kappa shape index (κ2) is 5.00. The first-order valence-electron chi connectivity index (χ1n) is 5.66. The van der Waals surface area contributed by atoms with Crippen LogP contribution < -0.4 is 0 Å². The van der Waals surface area contributed by atoms with E-state index >= 15 is 0 Å². The molecule has 86 valence electrons. The molecule has 1 aromatic rings. The number of hydrogen-bond donors (Lipinski definition) is 0. The average molecular weight is 282 g/mol. The minimum atomic E-state index is 0.292. The zero-order valence-corrected chi connectivity index (χ0v) is 11.0. The Balaban J connectivity index is 1.93. The largest absolute Gasteiger partial charge is 0.341 e.